The lowest BCUT2D eigenvalue weighted by atomic mass is 9.99. The average Bonchev–Trinajstić information content (AvgIpc) is 2.17. The molecule has 0 saturated carbocycles. The lowest BCUT2D eigenvalue weighted by Crippen LogP contribution is -2.15. The van der Waals surface area contributed by atoms with Crippen molar-refractivity contribution in [2.24, 2.45) is 0 Å². The first-order chi connectivity index (χ1) is 6.93. The van der Waals surface area contributed by atoms with Crippen LogP contribution in [0.5, 0.6) is 5.75 Å². The second kappa shape index (κ2) is 4.99. The van der Waals surface area contributed by atoms with E-state index < -0.39 is 5.60 Å². The number of halogens is 1. The van der Waals surface area contributed by atoms with Gasteiger partial charge in [-0.1, -0.05) is 19.1 Å². The molecule has 0 aromatic heterocycles. The molecule has 1 unspecified atom stereocenters. The van der Waals surface area contributed by atoms with Crippen LogP contribution in [0.1, 0.15) is 32.8 Å². The molecular weight excluding hydrogens is 256 g/mol. The molecule has 1 rings (SSSR count). The van der Waals surface area contributed by atoms with Crippen molar-refractivity contribution in [2.75, 3.05) is 0 Å². The first kappa shape index (κ1) is 12.5. The van der Waals surface area contributed by atoms with E-state index in [1.54, 1.807) is 13.8 Å². The summed E-state index contributed by atoms with van der Waals surface area (Å²) in [7, 11) is 0. The second-order valence-corrected chi connectivity index (χ2v) is 5.04. The van der Waals surface area contributed by atoms with Crippen LogP contribution in [0.4, 0.5) is 0 Å². The number of ether oxygens (including phenoxy) is 1. The summed E-state index contributed by atoms with van der Waals surface area (Å²) in [6.45, 7) is 5.58. The van der Waals surface area contributed by atoms with Crippen molar-refractivity contribution < 1.29 is 9.84 Å². The molecular formula is C12H17BrO2. The van der Waals surface area contributed by atoms with E-state index in [1.807, 2.05) is 31.2 Å². The fraction of sp³-hybridized carbons (Fsp3) is 0.500. The monoisotopic (exact) mass is 272 g/mol. The van der Waals surface area contributed by atoms with Crippen molar-refractivity contribution in [2.45, 2.75) is 37.8 Å². The summed E-state index contributed by atoms with van der Waals surface area (Å²) in [5, 5.41) is 9.80. The molecule has 15 heavy (non-hydrogen) atoms. The Kier molecular flexibility index (Phi) is 4.17. The first-order valence-electron chi connectivity index (χ1n) is 5.07. The van der Waals surface area contributed by atoms with Gasteiger partial charge in [0.1, 0.15) is 5.75 Å². The number of hydrogen-bond acceptors (Lipinski definition) is 2. The van der Waals surface area contributed by atoms with Gasteiger partial charge in [-0.25, -0.2) is 0 Å². The minimum atomic E-state index is -0.795. The lowest BCUT2D eigenvalue weighted by Gasteiger charge is -2.18. The highest BCUT2D eigenvalue weighted by molar-refractivity contribution is 9.09. The van der Waals surface area contributed by atoms with Crippen LogP contribution < -0.4 is 4.74 Å². The summed E-state index contributed by atoms with van der Waals surface area (Å²) in [5.41, 5.74) is 0.0920. The Hall–Kier alpha value is -0.540. The van der Waals surface area contributed by atoms with Gasteiger partial charge in [0.15, 0.2) is 5.01 Å². The zero-order valence-electron chi connectivity index (χ0n) is 9.33. The van der Waals surface area contributed by atoms with E-state index in [1.165, 1.54) is 0 Å². The molecule has 0 aliphatic heterocycles. The fourth-order valence-electron chi connectivity index (χ4n) is 1.17. The molecule has 0 fully saturated rings. The molecule has 3 heteroatoms. The average molecular weight is 273 g/mol. The molecule has 0 aliphatic rings. The van der Waals surface area contributed by atoms with Gasteiger partial charge in [-0.15, -0.1) is 0 Å². The predicted octanol–water partition coefficient (Wildman–Crippen LogP) is 3.42. The Morgan fingerprint density at radius 3 is 2.27 bits per heavy atom. The van der Waals surface area contributed by atoms with Crippen LogP contribution in [-0.4, -0.2) is 10.1 Å². The molecule has 0 amide bonds. The van der Waals surface area contributed by atoms with Gasteiger partial charge in [-0.2, -0.15) is 0 Å². The Labute approximate surface area is 99.4 Å². The third-order valence-corrected chi connectivity index (χ3v) is 2.98. The Bertz CT molecular complexity index is 300. The number of benzene rings is 1. The van der Waals surface area contributed by atoms with E-state index in [2.05, 4.69) is 15.9 Å². The lowest BCUT2D eigenvalue weighted by molar-refractivity contribution is 0.0785. The zero-order valence-corrected chi connectivity index (χ0v) is 10.9. The maximum absolute atomic E-state index is 9.76. The van der Waals surface area contributed by atoms with Crippen LogP contribution in [0.15, 0.2) is 24.3 Å². The van der Waals surface area contributed by atoms with E-state index in [9.17, 15) is 5.11 Å². The van der Waals surface area contributed by atoms with E-state index in [0.29, 0.717) is 0 Å². The third kappa shape index (κ3) is 3.84. The van der Waals surface area contributed by atoms with Gasteiger partial charge >= 0.3 is 0 Å². The molecule has 1 aromatic rings. The van der Waals surface area contributed by atoms with Crippen molar-refractivity contribution in [3.8, 4) is 5.75 Å². The summed E-state index contributed by atoms with van der Waals surface area (Å²) in [5.74, 6) is 0.812. The summed E-state index contributed by atoms with van der Waals surface area (Å²) in [6, 6.07) is 7.50. The van der Waals surface area contributed by atoms with E-state index in [-0.39, 0.29) is 5.01 Å². The van der Waals surface area contributed by atoms with Crippen molar-refractivity contribution in [1.82, 2.24) is 0 Å². The van der Waals surface area contributed by atoms with Gasteiger partial charge in [0, 0.05) is 0 Å². The summed E-state index contributed by atoms with van der Waals surface area (Å²) in [4.78, 5) is 0. The van der Waals surface area contributed by atoms with Gasteiger partial charge < -0.3 is 9.84 Å². The molecule has 0 heterocycles. The van der Waals surface area contributed by atoms with Crippen molar-refractivity contribution in [3.05, 3.63) is 29.8 Å². The minimum Gasteiger partial charge on any atom is -0.479 e. The molecule has 0 aliphatic carbocycles. The molecule has 0 spiro atoms. The van der Waals surface area contributed by atoms with Gasteiger partial charge in [0.25, 0.3) is 0 Å². The SMILES string of the molecule is CCC(Br)Oc1ccc(C(C)(C)O)cc1. The molecule has 1 N–H and O–H groups in total. The highest BCUT2D eigenvalue weighted by atomic mass is 79.9. The second-order valence-electron chi connectivity index (χ2n) is 4.02. The normalized spacial score (nSPS) is 13.7. The Morgan fingerprint density at radius 2 is 1.87 bits per heavy atom. The number of hydrogen-bond donors (Lipinski definition) is 1. The quantitative estimate of drug-likeness (QED) is 0.852. The van der Waals surface area contributed by atoms with Crippen LogP contribution in [0.3, 0.4) is 0 Å². The topological polar surface area (TPSA) is 29.5 Å². The van der Waals surface area contributed by atoms with E-state index in [0.717, 1.165) is 17.7 Å². The van der Waals surface area contributed by atoms with Crippen LogP contribution in [-0.2, 0) is 5.60 Å². The van der Waals surface area contributed by atoms with Crippen molar-refractivity contribution in [1.29, 1.82) is 0 Å². The van der Waals surface area contributed by atoms with Crippen LogP contribution in [0, 0.1) is 0 Å². The summed E-state index contributed by atoms with van der Waals surface area (Å²) < 4.78 is 5.57. The van der Waals surface area contributed by atoms with Crippen LogP contribution in [0.25, 0.3) is 0 Å². The number of alkyl halides is 1. The van der Waals surface area contributed by atoms with Crippen LogP contribution >= 0.6 is 15.9 Å². The molecule has 1 aromatic carbocycles. The number of rotatable bonds is 4. The van der Waals surface area contributed by atoms with Gasteiger partial charge in [-0.05, 0) is 53.9 Å². The summed E-state index contributed by atoms with van der Waals surface area (Å²) >= 11 is 3.40. The zero-order chi connectivity index (χ0) is 11.5. The molecule has 0 bridgehead atoms. The highest BCUT2D eigenvalue weighted by Crippen LogP contribution is 2.23. The summed E-state index contributed by atoms with van der Waals surface area (Å²) in [6.07, 6.45) is 0.910. The molecule has 0 radical (unpaired) electrons. The third-order valence-electron chi connectivity index (χ3n) is 2.15. The van der Waals surface area contributed by atoms with Gasteiger partial charge in [0.2, 0.25) is 0 Å². The first-order valence-corrected chi connectivity index (χ1v) is 5.98. The standard InChI is InChI=1S/C12H17BrO2/c1-4-11(13)15-10-7-5-9(6-8-10)12(2,3)14/h5-8,11,14H,4H2,1-3H3. The maximum Gasteiger partial charge on any atom is 0.153 e. The number of aliphatic hydroxyl groups is 1. The van der Waals surface area contributed by atoms with Gasteiger partial charge in [0.05, 0.1) is 5.60 Å². The van der Waals surface area contributed by atoms with Crippen molar-refractivity contribution >= 4 is 15.9 Å². The smallest absolute Gasteiger partial charge is 0.153 e. The molecule has 2 nitrogen and oxygen atoms in total. The molecule has 1 atom stereocenters. The minimum absolute atomic E-state index is 0.0467. The van der Waals surface area contributed by atoms with E-state index >= 15 is 0 Å². The largest absolute Gasteiger partial charge is 0.479 e. The molecule has 84 valence electrons. The van der Waals surface area contributed by atoms with Crippen molar-refractivity contribution in [3.63, 3.8) is 0 Å². The maximum atomic E-state index is 9.76. The van der Waals surface area contributed by atoms with Gasteiger partial charge in [-0.3, -0.25) is 0 Å². The Balaban J connectivity index is 2.73. The van der Waals surface area contributed by atoms with Crippen LogP contribution in [0.2, 0.25) is 0 Å². The Morgan fingerprint density at radius 1 is 1.33 bits per heavy atom. The fourth-order valence-corrected chi connectivity index (χ4v) is 1.39. The highest BCUT2D eigenvalue weighted by Gasteiger charge is 2.15. The molecule has 0 saturated heterocycles. The van der Waals surface area contributed by atoms with E-state index in [4.69, 9.17) is 4.74 Å². The predicted molar refractivity (Wildman–Crippen MR) is 65.3 cm³/mol.